The maximum Gasteiger partial charge on any atom is 0.330 e. The van der Waals surface area contributed by atoms with Crippen LogP contribution in [0.4, 0.5) is 0 Å². The Morgan fingerprint density at radius 2 is 1.05 bits per heavy atom. The standard InChI is InChI=1S/C29H39NO5P2/c1-4-33-36(31,23-16-24-37(32,34-5-2)35-6-3)29(27-21-14-9-15-22-27)30-28(25-17-10-7-11-18-25)26-19-12-8-13-20-26/h7-15,17-22,28-30H,4-6,16,23-24H2,1-3H3. The summed E-state index contributed by atoms with van der Waals surface area (Å²) in [7, 11) is -6.56. The molecule has 200 valence electrons. The zero-order chi connectivity index (χ0) is 26.6. The minimum Gasteiger partial charge on any atom is -0.327 e. The number of nitrogens with one attached hydrogen (secondary N) is 1. The molecule has 0 saturated carbocycles. The SMILES string of the molecule is CCOP(=O)(CCCP(=O)(OCC)C(NC(c1ccccc1)c1ccccc1)c1ccccc1)OCC. The summed E-state index contributed by atoms with van der Waals surface area (Å²) in [6, 6.07) is 29.8. The van der Waals surface area contributed by atoms with E-state index < -0.39 is 20.7 Å². The van der Waals surface area contributed by atoms with Crippen LogP contribution in [-0.4, -0.2) is 32.1 Å². The Bertz CT molecular complexity index is 1100. The highest BCUT2D eigenvalue weighted by atomic mass is 31.2. The van der Waals surface area contributed by atoms with E-state index in [9.17, 15) is 9.13 Å². The average molecular weight is 544 g/mol. The van der Waals surface area contributed by atoms with Gasteiger partial charge in [-0.15, -0.1) is 0 Å². The van der Waals surface area contributed by atoms with Gasteiger partial charge >= 0.3 is 7.60 Å². The quantitative estimate of drug-likeness (QED) is 0.184. The molecule has 0 fully saturated rings. The highest BCUT2D eigenvalue weighted by molar-refractivity contribution is 7.59. The summed E-state index contributed by atoms with van der Waals surface area (Å²) in [5.74, 6) is -0.572. The van der Waals surface area contributed by atoms with Crippen LogP contribution in [-0.2, 0) is 22.7 Å². The fourth-order valence-electron chi connectivity index (χ4n) is 4.44. The maximum atomic E-state index is 14.7. The average Bonchev–Trinajstić information content (AvgIpc) is 2.91. The summed E-state index contributed by atoms with van der Waals surface area (Å²) >= 11 is 0. The van der Waals surface area contributed by atoms with Crippen LogP contribution in [0, 0.1) is 0 Å². The second kappa shape index (κ2) is 14.8. The van der Waals surface area contributed by atoms with Crippen molar-refractivity contribution < 1.29 is 22.7 Å². The largest absolute Gasteiger partial charge is 0.330 e. The minimum atomic E-state index is -3.31. The second-order valence-electron chi connectivity index (χ2n) is 8.63. The Morgan fingerprint density at radius 3 is 1.49 bits per heavy atom. The van der Waals surface area contributed by atoms with Crippen molar-refractivity contribution in [1.29, 1.82) is 0 Å². The van der Waals surface area contributed by atoms with Gasteiger partial charge in [0.2, 0.25) is 7.37 Å². The number of hydrogen-bond acceptors (Lipinski definition) is 6. The van der Waals surface area contributed by atoms with Crippen LogP contribution in [0.5, 0.6) is 0 Å². The van der Waals surface area contributed by atoms with E-state index in [2.05, 4.69) is 29.6 Å². The third kappa shape index (κ3) is 8.48. The van der Waals surface area contributed by atoms with Crippen molar-refractivity contribution in [2.75, 3.05) is 32.1 Å². The monoisotopic (exact) mass is 543 g/mol. The first-order chi connectivity index (χ1) is 17.9. The van der Waals surface area contributed by atoms with Gasteiger partial charge in [-0.1, -0.05) is 91.0 Å². The molecule has 3 aromatic rings. The summed E-state index contributed by atoms with van der Waals surface area (Å²) in [5.41, 5.74) is 3.01. The molecule has 3 aromatic carbocycles. The van der Waals surface area contributed by atoms with Crippen LogP contribution in [0.25, 0.3) is 0 Å². The number of benzene rings is 3. The van der Waals surface area contributed by atoms with Gasteiger partial charge < -0.3 is 13.6 Å². The highest BCUT2D eigenvalue weighted by Gasteiger charge is 2.38. The van der Waals surface area contributed by atoms with Crippen LogP contribution >= 0.6 is 15.0 Å². The van der Waals surface area contributed by atoms with Gasteiger partial charge in [-0.05, 0) is 43.9 Å². The van der Waals surface area contributed by atoms with Crippen LogP contribution in [0.3, 0.4) is 0 Å². The van der Waals surface area contributed by atoms with Gasteiger partial charge in [0.25, 0.3) is 0 Å². The maximum absolute atomic E-state index is 14.7. The molecule has 3 rings (SSSR count). The molecule has 0 aliphatic rings. The van der Waals surface area contributed by atoms with Crippen molar-refractivity contribution in [3.8, 4) is 0 Å². The molecule has 0 spiro atoms. The highest BCUT2D eigenvalue weighted by Crippen LogP contribution is 2.61. The van der Waals surface area contributed by atoms with E-state index in [0.29, 0.717) is 26.2 Å². The lowest BCUT2D eigenvalue weighted by molar-refractivity contribution is 0.220. The molecule has 0 saturated heterocycles. The third-order valence-electron chi connectivity index (χ3n) is 6.00. The lowest BCUT2D eigenvalue weighted by atomic mass is 9.98. The van der Waals surface area contributed by atoms with Gasteiger partial charge in [0.15, 0.2) is 0 Å². The Hall–Kier alpha value is -2.04. The van der Waals surface area contributed by atoms with E-state index in [-0.39, 0.29) is 18.4 Å². The molecule has 0 heterocycles. The van der Waals surface area contributed by atoms with Gasteiger partial charge in [0.1, 0.15) is 5.78 Å². The molecule has 2 unspecified atom stereocenters. The predicted octanol–water partition coefficient (Wildman–Crippen LogP) is 8.04. The lowest BCUT2D eigenvalue weighted by Gasteiger charge is -2.33. The van der Waals surface area contributed by atoms with Crippen LogP contribution < -0.4 is 5.32 Å². The molecule has 37 heavy (non-hydrogen) atoms. The van der Waals surface area contributed by atoms with Gasteiger partial charge in [-0.25, -0.2) is 0 Å². The third-order valence-corrected chi connectivity index (χ3v) is 11.0. The Kier molecular flexibility index (Phi) is 11.8. The minimum absolute atomic E-state index is 0.189. The van der Waals surface area contributed by atoms with E-state index in [1.165, 1.54) is 0 Å². The van der Waals surface area contributed by atoms with Gasteiger partial charge in [0.05, 0.1) is 32.0 Å². The topological polar surface area (TPSA) is 73.9 Å². The van der Waals surface area contributed by atoms with Crippen molar-refractivity contribution in [3.63, 3.8) is 0 Å². The molecule has 6 nitrogen and oxygen atoms in total. The van der Waals surface area contributed by atoms with E-state index >= 15 is 0 Å². The molecule has 0 radical (unpaired) electrons. The van der Waals surface area contributed by atoms with Crippen LogP contribution in [0.1, 0.15) is 55.7 Å². The zero-order valence-corrected chi connectivity index (χ0v) is 23.8. The Balaban J connectivity index is 1.97. The van der Waals surface area contributed by atoms with E-state index in [1.807, 2.05) is 73.7 Å². The molecule has 0 aromatic heterocycles. The Morgan fingerprint density at radius 1 is 0.622 bits per heavy atom. The molecule has 0 aliphatic carbocycles. The fraction of sp³-hybridized carbons (Fsp3) is 0.379. The summed E-state index contributed by atoms with van der Waals surface area (Å²) in [6.45, 7) is 6.33. The normalized spacial score (nSPS) is 14.4. The van der Waals surface area contributed by atoms with Crippen molar-refractivity contribution >= 4 is 15.0 Å². The van der Waals surface area contributed by atoms with Gasteiger partial charge in [-0.2, -0.15) is 0 Å². The first-order valence-electron chi connectivity index (χ1n) is 13.0. The Labute approximate surface area is 221 Å². The number of hydrogen-bond donors (Lipinski definition) is 1. The summed E-state index contributed by atoms with van der Waals surface area (Å²) < 4.78 is 44.7. The van der Waals surface area contributed by atoms with Crippen LogP contribution in [0.2, 0.25) is 0 Å². The predicted molar refractivity (Wildman–Crippen MR) is 151 cm³/mol. The van der Waals surface area contributed by atoms with Crippen molar-refractivity contribution in [1.82, 2.24) is 5.32 Å². The van der Waals surface area contributed by atoms with E-state index in [0.717, 1.165) is 16.7 Å². The molecular formula is C29H39NO5P2. The van der Waals surface area contributed by atoms with Crippen LogP contribution in [0.15, 0.2) is 91.0 Å². The number of rotatable bonds is 16. The molecule has 8 heteroatoms. The molecular weight excluding hydrogens is 504 g/mol. The molecule has 0 aliphatic heterocycles. The van der Waals surface area contributed by atoms with Crippen molar-refractivity contribution in [2.24, 2.45) is 0 Å². The summed E-state index contributed by atoms with van der Waals surface area (Å²) in [5, 5.41) is 3.71. The molecule has 2 atom stereocenters. The molecule has 0 bridgehead atoms. The summed E-state index contributed by atoms with van der Waals surface area (Å²) in [4.78, 5) is 0. The first-order valence-corrected chi connectivity index (χ1v) is 16.6. The molecule has 1 N–H and O–H groups in total. The molecule has 0 amide bonds. The van der Waals surface area contributed by atoms with E-state index in [4.69, 9.17) is 13.6 Å². The van der Waals surface area contributed by atoms with Gasteiger partial charge in [-0.3, -0.25) is 14.4 Å². The lowest BCUT2D eigenvalue weighted by Crippen LogP contribution is -2.29. The van der Waals surface area contributed by atoms with E-state index in [1.54, 1.807) is 13.8 Å². The van der Waals surface area contributed by atoms with Crippen molar-refractivity contribution in [2.45, 2.75) is 39.0 Å². The van der Waals surface area contributed by atoms with Crippen molar-refractivity contribution in [3.05, 3.63) is 108 Å². The smallest absolute Gasteiger partial charge is 0.327 e. The fourth-order valence-corrected chi connectivity index (χ4v) is 8.93. The van der Waals surface area contributed by atoms with Gasteiger partial charge in [0, 0.05) is 6.16 Å². The second-order valence-corrected chi connectivity index (χ2v) is 13.5. The zero-order valence-electron chi connectivity index (χ0n) is 22.0. The summed E-state index contributed by atoms with van der Waals surface area (Å²) in [6.07, 6.45) is 0.822. The first kappa shape index (κ1) is 29.5.